The highest BCUT2D eigenvalue weighted by Crippen LogP contribution is 2.14. The minimum absolute atomic E-state index is 0.0451. The van der Waals surface area contributed by atoms with Crippen LogP contribution in [-0.4, -0.2) is 17.4 Å². The number of nitrogens with one attached hydrogen (secondary N) is 1. The molecule has 4 nitrogen and oxygen atoms in total. The van der Waals surface area contributed by atoms with Crippen LogP contribution in [0.2, 0.25) is 0 Å². The normalized spacial score (nSPS) is 10.7. The molecular weight excluding hydrogens is 264 g/mol. The van der Waals surface area contributed by atoms with Gasteiger partial charge in [-0.3, -0.25) is 4.79 Å². The fourth-order valence-corrected chi connectivity index (χ4v) is 2.25. The summed E-state index contributed by atoms with van der Waals surface area (Å²) in [5.41, 5.74) is 3.80. The van der Waals surface area contributed by atoms with Crippen LogP contribution in [0.4, 0.5) is 0 Å². The topological polar surface area (TPSA) is 55.1 Å². The number of aromatic nitrogens is 1. The lowest BCUT2D eigenvalue weighted by Gasteiger charge is -2.05. The van der Waals surface area contributed by atoms with E-state index >= 15 is 0 Å². The van der Waals surface area contributed by atoms with Crippen LogP contribution in [0.5, 0.6) is 0 Å². The van der Waals surface area contributed by atoms with Gasteiger partial charge in [-0.1, -0.05) is 36.4 Å². The maximum absolute atomic E-state index is 11.8. The summed E-state index contributed by atoms with van der Waals surface area (Å²) in [5.74, 6) is 0.0451. The molecule has 0 aliphatic heterocycles. The standard InChI is InChI=1S/C17H16N2O2/c20-17(11-13-4-2-1-3-5-13)18-9-8-14-6-7-16-15(10-14)19-12-21-16/h1-7,10,12H,8-9,11H2,(H,18,20). The minimum Gasteiger partial charge on any atom is -0.443 e. The Hall–Kier alpha value is -2.62. The van der Waals surface area contributed by atoms with Crippen molar-refractivity contribution >= 4 is 17.0 Å². The molecule has 2 aromatic carbocycles. The molecule has 0 aliphatic rings. The molecule has 0 saturated carbocycles. The van der Waals surface area contributed by atoms with Crippen LogP contribution in [0.25, 0.3) is 11.1 Å². The fourth-order valence-electron chi connectivity index (χ4n) is 2.25. The molecule has 0 fully saturated rings. The lowest BCUT2D eigenvalue weighted by atomic mass is 10.1. The number of hydrogen-bond donors (Lipinski definition) is 1. The summed E-state index contributed by atoms with van der Waals surface area (Å²) in [6, 6.07) is 15.6. The third-order valence-corrected chi connectivity index (χ3v) is 3.34. The number of rotatable bonds is 5. The maximum Gasteiger partial charge on any atom is 0.224 e. The Balaban J connectivity index is 1.50. The smallest absolute Gasteiger partial charge is 0.224 e. The number of oxazole rings is 1. The van der Waals surface area contributed by atoms with Crippen molar-refractivity contribution in [2.75, 3.05) is 6.54 Å². The Bertz CT molecular complexity index is 735. The molecule has 21 heavy (non-hydrogen) atoms. The van der Waals surface area contributed by atoms with E-state index in [9.17, 15) is 4.79 Å². The van der Waals surface area contributed by atoms with E-state index in [2.05, 4.69) is 10.3 Å². The van der Waals surface area contributed by atoms with Gasteiger partial charge < -0.3 is 9.73 Å². The maximum atomic E-state index is 11.8. The van der Waals surface area contributed by atoms with Crippen molar-refractivity contribution in [1.82, 2.24) is 10.3 Å². The first-order valence-corrected chi connectivity index (χ1v) is 6.94. The first-order valence-electron chi connectivity index (χ1n) is 6.94. The third-order valence-electron chi connectivity index (χ3n) is 3.34. The molecule has 3 rings (SSSR count). The van der Waals surface area contributed by atoms with Gasteiger partial charge in [0.05, 0.1) is 6.42 Å². The molecule has 1 aromatic heterocycles. The summed E-state index contributed by atoms with van der Waals surface area (Å²) >= 11 is 0. The average Bonchev–Trinajstić information content (AvgIpc) is 2.96. The van der Waals surface area contributed by atoms with Crippen molar-refractivity contribution in [3.05, 3.63) is 66.1 Å². The molecule has 106 valence electrons. The Kier molecular flexibility index (Phi) is 3.96. The Morgan fingerprint density at radius 1 is 1.10 bits per heavy atom. The van der Waals surface area contributed by atoms with Gasteiger partial charge in [-0.25, -0.2) is 4.98 Å². The molecule has 4 heteroatoms. The Labute approximate surface area is 122 Å². The molecule has 3 aromatic rings. The lowest BCUT2D eigenvalue weighted by molar-refractivity contribution is -0.120. The summed E-state index contributed by atoms with van der Waals surface area (Å²) in [6.07, 6.45) is 2.64. The second kappa shape index (κ2) is 6.22. The molecule has 1 N–H and O–H groups in total. The molecule has 0 radical (unpaired) electrons. The van der Waals surface area contributed by atoms with Crippen LogP contribution in [0, 0.1) is 0 Å². The minimum atomic E-state index is 0.0451. The van der Waals surface area contributed by atoms with Crippen molar-refractivity contribution < 1.29 is 9.21 Å². The zero-order chi connectivity index (χ0) is 14.5. The first kappa shape index (κ1) is 13.4. The van der Waals surface area contributed by atoms with Gasteiger partial charge >= 0.3 is 0 Å². The summed E-state index contributed by atoms with van der Waals surface area (Å²) in [6.45, 7) is 0.620. The number of nitrogens with zero attached hydrogens (tertiary/aromatic N) is 1. The lowest BCUT2D eigenvalue weighted by Crippen LogP contribution is -2.27. The van der Waals surface area contributed by atoms with E-state index < -0.39 is 0 Å². The van der Waals surface area contributed by atoms with E-state index in [-0.39, 0.29) is 5.91 Å². The van der Waals surface area contributed by atoms with Gasteiger partial charge in [0.2, 0.25) is 5.91 Å². The van der Waals surface area contributed by atoms with Crippen LogP contribution in [0.1, 0.15) is 11.1 Å². The van der Waals surface area contributed by atoms with Crippen molar-refractivity contribution in [3.8, 4) is 0 Å². The number of benzene rings is 2. The average molecular weight is 280 g/mol. The fraction of sp³-hybridized carbons (Fsp3) is 0.176. The van der Waals surface area contributed by atoms with Gasteiger partial charge in [0, 0.05) is 6.54 Å². The molecule has 0 spiro atoms. The van der Waals surface area contributed by atoms with Crippen molar-refractivity contribution in [2.24, 2.45) is 0 Å². The van der Waals surface area contributed by atoms with E-state index in [4.69, 9.17) is 4.42 Å². The SMILES string of the molecule is O=C(Cc1ccccc1)NCCc1ccc2ocnc2c1. The van der Waals surface area contributed by atoms with E-state index in [0.717, 1.165) is 28.6 Å². The highest BCUT2D eigenvalue weighted by Gasteiger charge is 2.04. The third kappa shape index (κ3) is 3.48. The van der Waals surface area contributed by atoms with E-state index in [0.29, 0.717) is 13.0 Å². The van der Waals surface area contributed by atoms with E-state index in [1.165, 1.54) is 6.39 Å². The van der Waals surface area contributed by atoms with Crippen molar-refractivity contribution in [1.29, 1.82) is 0 Å². The quantitative estimate of drug-likeness (QED) is 0.782. The Morgan fingerprint density at radius 3 is 2.81 bits per heavy atom. The monoisotopic (exact) mass is 280 g/mol. The van der Waals surface area contributed by atoms with Gasteiger partial charge in [0.1, 0.15) is 5.52 Å². The van der Waals surface area contributed by atoms with Crippen LogP contribution in [0.15, 0.2) is 59.3 Å². The van der Waals surface area contributed by atoms with Gasteiger partial charge in [0.15, 0.2) is 12.0 Å². The van der Waals surface area contributed by atoms with Gasteiger partial charge in [-0.2, -0.15) is 0 Å². The van der Waals surface area contributed by atoms with Crippen LogP contribution >= 0.6 is 0 Å². The van der Waals surface area contributed by atoms with Gasteiger partial charge in [-0.15, -0.1) is 0 Å². The van der Waals surface area contributed by atoms with Crippen LogP contribution in [-0.2, 0) is 17.6 Å². The van der Waals surface area contributed by atoms with E-state index in [1.54, 1.807) is 0 Å². The molecule has 0 aliphatic carbocycles. The summed E-state index contributed by atoms with van der Waals surface area (Å²) in [7, 11) is 0. The highest BCUT2D eigenvalue weighted by atomic mass is 16.3. The second-order valence-electron chi connectivity index (χ2n) is 4.92. The van der Waals surface area contributed by atoms with E-state index in [1.807, 2.05) is 48.5 Å². The number of fused-ring (bicyclic) bond motifs is 1. The molecule has 0 unspecified atom stereocenters. The molecule has 0 saturated heterocycles. The summed E-state index contributed by atoms with van der Waals surface area (Å²) in [4.78, 5) is 16.0. The predicted molar refractivity (Wildman–Crippen MR) is 80.9 cm³/mol. The van der Waals surface area contributed by atoms with Crippen molar-refractivity contribution in [3.63, 3.8) is 0 Å². The highest BCUT2D eigenvalue weighted by molar-refractivity contribution is 5.78. The van der Waals surface area contributed by atoms with Crippen LogP contribution in [0.3, 0.4) is 0 Å². The summed E-state index contributed by atoms with van der Waals surface area (Å²) in [5, 5.41) is 2.94. The zero-order valence-electron chi connectivity index (χ0n) is 11.6. The van der Waals surface area contributed by atoms with Crippen molar-refractivity contribution in [2.45, 2.75) is 12.8 Å². The number of carbonyl (C=O) groups is 1. The molecule has 0 atom stereocenters. The molecular formula is C17H16N2O2. The van der Waals surface area contributed by atoms with Gasteiger partial charge in [0.25, 0.3) is 0 Å². The van der Waals surface area contributed by atoms with Gasteiger partial charge in [-0.05, 0) is 29.7 Å². The summed E-state index contributed by atoms with van der Waals surface area (Å²) < 4.78 is 5.20. The zero-order valence-corrected chi connectivity index (χ0v) is 11.6. The molecule has 0 bridgehead atoms. The first-order chi connectivity index (χ1) is 10.3. The molecule has 1 amide bonds. The van der Waals surface area contributed by atoms with Crippen LogP contribution < -0.4 is 5.32 Å². The largest absolute Gasteiger partial charge is 0.443 e. The molecule has 1 heterocycles. The Morgan fingerprint density at radius 2 is 1.95 bits per heavy atom. The predicted octanol–water partition coefficient (Wildman–Crippen LogP) is 2.73. The second-order valence-corrected chi connectivity index (χ2v) is 4.92. The number of carbonyl (C=O) groups excluding carboxylic acids is 1. The number of amides is 1. The number of hydrogen-bond acceptors (Lipinski definition) is 3.